The van der Waals surface area contributed by atoms with Gasteiger partial charge < -0.3 is 9.64 Å². The molecule has 1 saturated carbocycles. The first-order valence-corrected chi connectivity index (χ1v) is 11.7. The molecule has 0 unspecified atom stereocenters. The second-order valence-corrected chi connectivity index (χ2v) is 9.33. The van der Waals surface area contributed by atoms with Crippen LogP contribution in [0.1, 0.15) is 33.1 Å². The Kier molecular flexibility index (Phi) is 6.81. The normalized spacial score (nSPS) is 15.2. The summed E-state index contributed by atoms with van der Waals surface area (Å²) in [6.07, 6.45) is 3.06. The molecule has 1 atom stereocenters. The molecule has 1 aromatic carbocycles. The summed E-state index contributed by atoms with van der Waals surface area (Å²) < 4.78 is 40.7. The molecule has 1 heterocycles. The largest absolute Gasteiger partial charge is 0.454 e. The van der Waals surface area contributed by atoms with Gasteiger partial charge in [0.2, 0.25) is 10.0 Å². The van der Waals surface area contributed by atoms with E-state index in [1.807, 2.05) is 6.92 Å². The van der Waals surface area contributed by atoms with Gasteiger partial charge in [-0.15, -0.1) is 0 Å². The maximum Gasteiger partial charge on any atom is 0.324 e. The third-order valence-corrected chi connectivity index (χ3v) is 6.70. The fourth-order valence-electron chi connectivity index (χ4n) is 2.89. The first-order valence-electron chi connectivity index (χ1n) is 9.50. The topological polar surface area (TPSA) is 119 Å². The lowest BCUT2D eigenvalue weighted by Crippen LogP contribution is -2.42. The van der Waals surface area contributed by atoms with Crippen LogP contribution < -0.4 is 4.72 Å². The maximum atomic E-state index is 12.7. The number of benzene rings is 1. The number of carbonyl (C=O) groups is 2. The minimum absolute atomic E-state index is 0.0574. The number of nitrogens with zero attached hydrogens (tertiary/aromatic N) is 3. The number of ether oxygens (including phenoxy) is 1. The predicted molar refractivity (Wildman–Crippen MR) is 108 cm³/mol. The van der Waals surface area contributed by atoms with Crippen LogP contribution >= 0.6 is 11.7 Å². The van der Waals surface area contributed by atoms with Gasteiger partial charge in [-0.3, -0.25) is 9.59 Å². The summed E-state index contributed by atoms with van der Waals surface area (Å²) >= 11 is 0.909. The number of carbonyl (C=O) groups excluding carboxylic acids is 2. The van der Waals surface area contributed by atoms with Crippen LogP contribution in [0.2, 0.25) is 0 Å². The van der Waals surface area contributed by atoms with Crippen LogP contribution in [0, 0.1) is 5.92 Å². The van der Waals surface area contributed by atoms with Crippen molar-refractivity contribution in [1.82, 2.24) is 18.4 Å². The first kappa shape index (κ1) is 21.6. The Morgan fingerprint density at radius 1 is 1.34 bits per heavy atom. The average Bonchev–Trinajstić information content (AvgIpc) is 3.37. The van der Waals surface area contributed by atoms with Gasteiger partial charge in [-0.1, -0.05) is 13.0 Å². The molecule has 1 N–H and O–H groups in total. The van der Waals surface area contributed by atoms with Crippen molar-refractivity contribution in [2.45, 2.75) is 44.0 Å². The van der Waals surface area contributed by atoms with E-state index in [1.54, 1.807) is 17.0 Å². The number of hydrogen-bond acceptors (Lipinski definition) is 8. The van der Waals surface area contributed by atoms with Crippen LogP contribution in [0.15, 0.2) is 23.1 Å². The monoisotopic (exact) mass is 440 g/mol. The zero-order valence-corrected chi connectivity index (χ0v) is 18.0. The van der Waals surface area contributed by atoms with E-state index >= 15 is 0 Å². The highest BCUT2D eigenvalue weighted by molar-refractivity contribution is 7.89. The summed E-state index contributed by atoms with van der Waals surface area (Å²) in [5.74, 6) is -0.538. The molecule has 3 rings (SSSR count). The SMILES string of the molecule is CCCN(CC1CC1)C(=O)COC(=O)[C@@H](C)NS(=O)(=O)c1cccc2nsnc12. The Morgan fingerprint density at radius 2 is 2.10 bits per heavy atom. The van der Waals surface area contributed by atoms with Crippen molar-refractivity contribution >= 4 is 44.7 Å². The van der Waals surface area contributed by atoms with Crippen molar-refractivity contribution in [2.24, 2.45) is 5.92 Å². The van der Waals surface area contributed by atoms with Crippen LogP contribution in [0.4, 0.5) is 0 Å². The van der Waals surface area contributed by atoms with E-state index in [2.05, 4.69) is 13.5 Å². The van der Waals surface area contributed by atoms with Gasteiger partial charge in [0.1, 0.15) is 22.0 Å². The van der Waals surface area contributed by atoms with Gasteiger partial charge >= 0.3 is 5.97 Å². The standard InChI is InChI=1S/C18H24N4O5S2/c1-3-9-22(10-13-7-8-13)16(23)11-27-18(24)12(2)21-29(25,26)15-6-4-5-14-17(15)20-28-19-14/h4-6,12-13,21H,3,7-11H2,1-2H3/t12-/m1/s1. The summed E-state index contributed by atoms with van der Waals surface area (Å²) in [6.45, 7) is 4.24. The zero-order chi connectivity index (χ0) is 21.0. The summed E-state index contributed by atoms with van der Waals surface area (Å²) in [4.78, 5) is 26.2. The van der Waals surface area contributed by atoms with E-state index in [4.69, 9.17) is 4.74 Å². The number of amides is 1. The van der Waals surface area contributed by atoms with Crippen LogP contribution in [-0.2, 0) is 24.3 Å². The molecule has 1 aliphatic carbocycles. The Balaban J connectivity index is 1.58. The summed E-state index contributed by atoms with van der Waals surface area (Å²) in [5, 5.41) is 0. The highest BCUT2D eigenvalue weighted by atomic mass is 32.2. The molecule has 158 valence electrons. The molecule has 1 fully saturated rings. The molecule has 9 nitrogen and oxygen atoms in total. The van der Waals surface area contributed by atoms with Gasteiger partial charge in [0, 0.05) is 13.1 Å². The van der Waals surface area contributed by atoms with Crippen LogP contribution in [0.25, 0.3) is 11.0 Å². The number of hydrogen-bond donors (Lipinski definition) is 1. The van der Waals surface area contributed by atoms with Gasteiger partial charge in [-0.2, -0.15) is 13.5 Å². The number of aromatic nitrogens is 2. The van der Waals surface area contributed by atoms with Gasteiger partial charge in [0.15, 0.2) is 6.61 Å². The van der Waals surface area contributed by atoms with Crippen LogP contribution in [0.3, 0.4) is 0 Å². The third kappa shape index (κ3) is 5.49. The Bertz CT molecular complexity index is 987. The van der Waals surface area contributed by atoms with E-state index in [1.165, 1.54) is 13.0 Å². The minimum Gasteiger partial charge on any atom is -0.454 e. The summed E-state index contributed by atoms with van der Waals surface area (Å²) in [7, 11) is -4.01. The number of nitrogens with one attached hydrogen (secondary N) is 1. The maximum absolute atomic E-state index is 12.7. The molecule has 1 amide bonds. The fourth-order valence-corrected chi connectivity index (χ4v) is 4.85. The van der Waals surface area contributed by atoms with Crippen LogP contribution in [-0.4, -0.2) is 59.7 Å². The quantitative estimate of drug-likeness (QED) is 0.557. The highest BCUT2D eigenvalue weighted by Crippen LogP contribution is 2.29. The smallest absolute Gasteiger partial charge is 0.324 e. The molecule has 0 saturated heterocycles. The Labute approximate surface area is 173 Å². The number of fused-ring (bicyclic) bond motifs is 1. The second-order valence-electron chi connectivity index (χ2n) is 7.12. The average molecular weight is 441 g/mol. The van der Waals surface area contributed by atoms with E-state index in [0.717, 1.165) is 31.0 Å². The van der Waals surface area contributed by atoms with Crippen molar-refractivity contribution in [1.29, 1.82) is 0 Å². The van der Waals surface area contributed by atoms with Crippen molar-refractivity contribution in [3.63, 3.8) is 0 Å². The van der Waals surface area contributed by atoms with Crippen molar-refractivity contribution in [2.75, 3.05) is 19.7 Å². The number of sulfonamides is 1. The van der Waals surface area contributed by atoms with Gasteiger partial charge in [0.25, 0.3) is 5.91 Å². The fraction of sp³-hybridized carbons (Fsp3) is 0.556. The minimum atomic E-state index is -4.01. The highest BCUT2D eigenvalue weighted by Gasteiger charge is 2.29. The van der Waals surface area contributed by atoms with Gasteiger partial charge in [-0.05, 0) is 44.2 Å². The molecule has 11 heteroatoms. The van der Waals surface area contributed by atoms with E-state index < -0.39 is 28.6 Å². The van der Waals surface area contributed by atoms with Crippen molar-refractivity contribution in [3.8, 4) is 0 Å². The predicted octanol–water partition coefficient (Wildman–Crippen LogP) is 1.55. The second kappa shape index (κ2) is 9.14. The summed E-state index contributed by atoms with van der Waals surface area (Å²) in [5.41, 5.74) is 0.710. The first-order chi connectivity index (χ1) is 13.8. The van der Waals surface area contributed by atoms with Gasteiger partial charge in [-0.25, -0.2) is 8.42 Å². The lowest BCUT2D eigenvalue weighted by Gasteiger charge is -2.22. The lowest BCUT2D eigenvalue weighted by atomic mass is 10.3. The van der Waals surface area contributed by atoms with E-state index in [-0.39, 0.29) is 16.3 Å². The molecule has 0 aliphatic heterocycles. The number of esters is 1. The molecule has 29 heavy (non-hydrogen) atoms. The lowest BCUT2D eigenvalue weighted by molar-refractivity contribution is -0.153. The van der Waals surface area contributed by atoms with E-state index in [0.29, 0.717) is 24.5 Å². The molecular weight excluding hydrogens is 416 g/mol. The molecule has 1 aliphatic rings. The van der Waals surface area contributed by atoms with Gasteiger partial charge in [0.05, 0.1) is 11.7 Å². The molecule has 0 bridgehead atoms. The van der Waals surface area contributed by atoms with Crippen molar-refractivity contribution in [3.05, 3.63) is 18.2 Å². The number of rotatable bonds is 10. The van der Waals surface area contributed by atoms with E-state index in [9.17, 15) is 18.0 Å². The third-order valence-electron chi connectivity index (χ3n) is 4.58. The molecule has 0 spiro atoms. The molecular formula is C18H24N4O5S2. The van der Waals surface area contributed by atoms with Crippen LogP contribution in [0.5, 0.6) is 0 Å². The zero-order valence-electron chi connectivity index (χ0n) is 16.3. The van der Waals surface area contributed by atoms with Crippen molar-refractivity contribution < 1.29 is 22.7 Å². The molecule has 2 aromatic rings. The molecule has 0 radical (unpaired) electrons. The Hall–Kier alpha value is -2.11. The summed E-state index contributed by atoms with van der Waals surface area (Å²) in [6, 6.07) is 3.46. The Morgan fingerprint density at radius 3 is 2.79 bits per heavy atom. The molecule has 1 aromatic heterocycles.